The standard InChI is InChI=1S/C19H22N2O2S/c1-14-5-6-15(2)16(12-14)17(22)13-20-7-9-21(10-8-20)19(23)18-4-3-11-24-18/h3-6,11-12H,7-10,13H2,1-2H3. The van der Waals surface area contributed by atoms with Gasteiger partial charge in [0.2, 0.25) is 0 Å². The van der Waals surface area contributed by atoms with E-state index in [0.717, 1.165) is 34.7 Å². The van der Waals surface area contributed by atoms with Crippen molar-refractivity contribution in [3.8, 4) is 0 Å². The van der Waals surface area contributed by atoms with Crippen LogP contribution in [0.4, 0.5) is 0 Å². The number of hydrogen-bond donors (Lipinski definition) is 0. The number of rotatable bonds is 4. The number of carbonyl (C=O) groups is 2. The number of amides is 1. The average molecular weight is 342 g/mol. The molecule has 1 aliphatic rings. The van der Waals surface area contributed by atoms with Crippen molar-refractivity contribution in [1.29, 1.82) is 0 Å². The third-order valence-corrected chi connectivity index (χ3v) is 5.31. The molecule has 24 heavy (non-hydrogen) atoms. The molecule has 2 heterocycles. The summed E-state index contributed by atoms with van der Waals surface area (Å²) in [5.74, 6) is 0.264. The molecule has 0 saturated carbocycles. The Morgan fingerprint density at radius 1 is 1.08 bits per heavy atom. The number of piperazine rings is 1. The molecule has 0 unspecified atom stereocenters. The monoisotopic (exact) mass is 342 g/mol. The Hall–Kier alpha value is -1.98. The number of hydrogen-bond acceptors (Lipinski definition) is 4. The molecule has 1 aliphatic heterocycles. The normalized spacial score (nSPS) is 15.5. The summed E-state index contributed by atoms with van der Waals surface area (Å²) in [4.78, 5) is 29.7. The molecule has 0 atom stereocenters. The maximum Gasteiger partial charge on any atom is 0.264 e. The van der Waals surface area contributed by atoms with Crippen molar-refractivity contribution in [3.05, 3.63) is 57.3 Å². The number of aryl methyl sites for hydroxylation is 2. The summed E-state index contributed by atoms with van der Waals surface area (Å²) in [6, 6.07) is 9.76. The topological polar surface area (TPSA) is 40.6 Å². The van der Waals surface area contributed by atoms with Gasteiger partial charge in [0.15, 0.2) is 5.78 Å². The molecule has 0 spiro atoms. The van der Waals surface area contributed by atoms with Crippen LogP contribution in [0.15, 0.2) is 35.7 Å². The zero-order chi connectivity index (χ0) is 17.1. The highest BCUT2D eigenvalue weighted by Gasteiger charge is 2.24. The first-order valence-electron chi connectivity index (χ1n) is 8.20. The first-order chi connectivity index (χ1) is 11.5. The van der Waals surface area contributed by atoms with Gasteiger partial charge in [0.25, 0.3) is 5.91 Å². The van der Waals surface area contributed by atoms with Gasteiger partial charge in [0.1, 0.15) is 0 Å². The summed E-state index contributed by atoms with van der Waals surface area (Å²) in [6.07, 6.45) is 0. The Labute approximate surface area is 146 Å². The first kappa shape index (κ1) is 16.9. The van der Waals surface area contributed by atoms with Crippen molar-refractivity contribution >= 4 is 23.0 Å². The van der Waals surface area contributed by atoms with Crippen LogP contribution in [0, 0.1) is 13.8 Å². The Kier molecular flexibility index (Phi) is 5.11. The summed E-state index contributed by atoms with van der Waals surface area (Å²) in [5, 5.41) is 1.92. The van der Waals surface area contributed by atoms with E-state index in [2.05, 4.69) is 4.90 Å². The van der Waals surface area contributed by atoms with Gasteiger partial charge in [-0.2, -0.15) is 0 Å². The van der Waals surface area contributed by atoms with E-state index in [4.69, 9.17) is 0 Å². The molecule has 126 valence electrons. The molecular formula is C19H22N2O2S. The predicted molar refractivity (Wildman–Crippen MR) is 96.9 cm³/mol. The molecule has 3 rings (SSSR count). The van der Waals surface area contributed by atoms with E-state index in [1.165, 1.54) is 11.3 Å². The van der Waals surface area contributed by atoms with Gasteiger partial charge in [-0.05, 0) is 36.9 Å². The zero-order valence-corrected chi connectivity index (χ0v) is 14.9. The van der Waals surface area contributed by atoms with Gasteiger partial charge in [-0.1, -0.05) is 23.8 Å². The molecule has 4 nitrogen and oxygen atoms in total. The lowest BCUT2D eigenvalue weighted by Crippen LogP contribution is -2.49. The van der Waals surface area contributed by atoms with Gasteiger partial charge in [0, 0.05) is 31.7 Å². The smallest absolute Gasteiger partial charge is 0.264 e. The highest BCUT2D eigenvalue weighted by molar-refractivity contribution is 7.12. The van der Waals surface area contributed by atoms with Crippen molar-refractivity contribution in [2.75, 3.05) is 32.7 Å². The number of carbonyl (C=O) groups excluding carboxylic acids is 2. The molecule has 2 aromatic rings. The summed E-state index contributed by atoms with van der Waals surface area (Å²) < 4.78 is 0. The number of thiophene rings is 1. The third kappa shape index (κ3) is 3.74. The van der Waals surface area contributed by atoms with Crippen LogP contribution in [0.3, 0.4) is 0 Å². The maximum absolute atomic E-state index is 12.6. The first-order valence-corrected chi connectivity index (χ1v) is 9.08. The molecule has 1 fully saturated rings. The van der Waals surface area contributed by atoms with Crippen LogP contribution < -0.4 is 0 Å². The fraction of sp³-hybridized carbons (Fsp3) is 0.368. The second kappa shape index (κ2) is 7.28. The fourth-order valence-corrected chi connectivity index (χ4v) is 3.68. The van der Waals surface area contributed by atoms with E-state index in [1.54, 1.807) is 0 Å². The number of benzene rings is 1. The highest BCUT2D eigenvalue weighted by Crippen LogP contribution is 2.15. The molecule has 1 aromatic carbocycles. The largest absolute Gasteiger partial charge is 0.335 e. The summed E-state index contributed by atoms with van der Waals surface area (Å²) in [6.45, 7) is 7.25. The van der Waals surface area contributed by atoms with E-state index < -0.39 is 0 Å². The molecule has 0 radical (unpaired) electrons. The maximum atomic E-state index is 12.6. The molecule has 0 aliphatic carbocycles. The number of ketones is 1. The Morgan fingerprint density at radius 2 is 1.83 bits per heavy atom. The van der Waals surface area contributed by atoms with Gasteiger partial charge in [-0.15, -0.1) is 11.3 Å². The average Bonchev–Trinajstić information content (AvgIpc) is 3.11. The molecule has 1 saturated heterocycles. The summed E-state index contributed by atoms with van der Waals surface area (Å²) in [7, 11) is 0. The van der Waals surface area contributed by atoms with Gasteiger partial charge in [0.05, 0.1) is 11.4 Å². The highest BCUT2D eigenvalue weighted by atomic mass is 32.1. The minimum Gasteiger partial charge on any atom is -0.335 e. The summed E-state index contributed by atoms with van der Waals surface area (Å²) >= 11 is 1.48. The van der Waals surface area contributed by atoms with Gasteiger partial charge in [-0.3, -0.25) is 14.5 Å². The van der Waals surface area contributed by atoms with Crippen molar-refractivity contribution in [2.45, 2.75) is 13.8 Å². The Balaban J connectivity index is 1.56. The SMILES string of the molecule is Cc1ccc(C)c(C(=O)CN2CCN(C(=O)c3cccs3)CC2)c1. The molecule has 0 bridgehead atoms. The van der Waals surface area contributed by atoms with Crippen LogP contribution in [-0.2, 0) is 0 Å². The van der Waals surface area contributed by atoms with E-state index in [9.17, 15) is 9.59 Å². The van der Waals surface area contributed by atoms with Crippen LogP contribution in [0.2, 0.25) is 0 Å². The Bertz CT molecular complexity index is 732. The third-order valence-electron chi connectivity index (χ3n) is 4.45. The number of Topliss-reactive ketones (excluding diaryl/α,β-unsaturated/α-hetero) is 1. The fourth-order valence-electron chi connectivity index (χ4n) is 2.99. The van der Waals surface area contributed by atoms with Crippen LogP contribution in [-0.4, -0.2) is 54.2 Å². The quantitative estimate of drug-likeness (QED) is 0.802. The van der Waals surface area contributed by atoms with Gasteiger partial charge < -0.3 is 4.90 Å². The predicted octanol–water partition coefficient (Wildman–Crippen LogP) is 3.01. The molecule has 1 amide bonds. The van der Waals surface area contributed by atoms with Gasteiger partial charge in [-0.25, -0.2) is 0 Å². The van der Waals surface area contributed by atoms with E-state index in [0.29, 0.717) is 19.6 Å². The Morgan fingerprint density at radius 3 is 2.50 bits per heavy atom. The van der Waals surface area contributed by atoms with Crippen molar-refractivity contribution < 1.29 is 9.59 Å². The van der Waals surface area contributed by atoms with Crippen LogP contribution in [0.5, 0.6) is 0 Å². The minimum atomic E-state index is 0.102. The molecular weight excluding hydrogens is 320 g/mol. The molecule has 0 N–H and O–H groups in total. The van der Waals surface area contributed by atoms with Gasteiger partial charge >= 0.3 is 0 Å². The zero-order valence-electron chi connectivity index (χ0n) is 14.1. The second-order valence-electron chi connectivity index (χ2n) is 6.29. The molecule has 5 heteroatoms. The molecule has 1 aromatic heterocycles. The second-order valence-corrected chi connectivity index (χ2v) is 7.23. The van der Waals surface area contributed by atoms with Crippen molar-refractivity contribution in [2.24, 2.45) is 0 Å². The van der Waals surface area contributed by atoms with E-state index in [1.807, 2.05) is 54.5 Å². The van der Waals surface area contributed by atoms with Crippen LogP contribution in [0.1, 0.15) is 31.2 Å². The lowest BCUT2D eigenvalue weighted by Gasteiger charge is -2.34. The van der Waals surface area contributed by atoms with Crippen LogP contribution in [0.25, 0.3) is 0 Å². The van der Waals surface area contributed by atoms with Crippen molar-refractivity contribution in [3.63, 3.8) is 0 Å². The summed E-state index contributed by atoms with van der Waals surface area (Å²) in [5.41, 5.74) is 2.94. The van der Waals surface area contributed by atoms with E-state index in [-0.39, 0.29) is 11.7 Å². The minimum absolute atomic E-state index is 0.102. The number of nitrogens with zero attached hydrogens (tertiary/aromatic N) is 2. The lowest BCUT2D eigenvalue weighted by atomic mass is 10.0. The van der Waals surface area contributed by atoms with Crippen LogP contribution >= 0.6 is 11.3 Å². The van der Waals surface area contributed by atoms with E-state index >= 15 is 0 Å². The van der Waals surface area contributed by atoms with Crippen molar-refractivity contribution in [1.82, 2.24) is 9.80 Å². The lowest BCUT2D eigenvalue weighted by molar-refractivity contribution is 0.0628.